The molecule has 1 aliphatic heterocycles. The molecule has 0 radical (unpaired) electrons. The summed E-state index contributed by atoms with van der Waals surface area (Å²) >= 11 is 5.07. The van der Waals surface area contributed by atoms with E-state index >= 15 is 0 Å². The second-order valence-electron chi connectivity index (χ2n) is 5.82. The SMILES string of the molecule is O=C(O)CCCC(=O)N1N=C(c2ccsc2)CC1c1cccc(Br)c1. The highest BCUT2D eigenvalue weighted by Crippen LogP contribution is 2.34. The van der Waals surface area contributed by atoms with Crippen LogP contribution < -0.4 is 0 Å². The maximum Gasteiger partial charge on any atom is 0.303 e. The number of hydrogen-bond acceptors (Lipinski definition) is 4. The van der Waals surface area contributed by atoms with Crippen molar-refractivity contribution in [1.29, 1.82) is 0 Å². The van der Waals surface area contributed by atoms with Crippen molar-refractivity contribution >= 4 is 44.9 Å². The average Bonchev–Trinajstić information content (AvgIpc) is 3.24. The third-order valence-electron chi connectivity index (χ3n) is 4.04. The van der Waals surface area contributed by atoms with Gasteiger partial charge in [-0.15, -0.1) is 0 Å². The van der Waals surface area contributed by atoms with Crippen LogP contribution in [-0.2, 0) is 9.59 Å². The maximum atomic E-state index is 12.6. The molecule has 130 valence electrons. The Morgan fingerprint density at radius 3 is 2.84 bits per heavy atom. The Labute approximate surface area is 158 Å². The van der Waals surface area contributed by atoms with Gasteiger partial charge >= 0.3 is 5.97 Å². The first-order chi connectivity index (χ1) is 12.0. The molecule has 0 saturated carbocycles. The molecule has 2 heterocycles. The van der Waals surface area contributed by atoms with Gasteiger partial charge in [-0.05, 0) is 40.9 Å². The van der Waals surface area contributed by atoms with E-state index in [0.29, 0.717) is 12.8 Å². The zero-order valence-corrected chi connectivity index (χ0v) is 15.8. The predicted molar refractivity (Wildman–Crippen MR) is 101 cm³/mol. The minimum absolute atomic E-state index is 0.0117. The Kier molecular flexibility index (Phi) is 5.65. The van der Waals surface area contributed by atoms with Crippen LogP contribution in [0.5, 0.6) is 0 Å². The van der Waals surface area contributed by atoms with Crippen molar-refractivity contribution < 1.29 is 14.7 Å². The lowest BCUT2D eigenvalue weighted by Gasteiger charge is -2.22. The number of thiophene rings is 1. The van der Waals surface area contributed by atoms with Gasteiger partial charge in [0.05, 0.1) is 11.8 Å². The van der Waals surface area contributed by atoms with E-state index in [4.69, 9.17) is 5.11 Å². The number of benzene rings is 1. The average molecular weight is 421 g/mol. The monoisotopic (exact) mass is 420 g/mol. The summed E-state index contributed by atoms with van der Waals surface area (Å²) in [5.74, 6) is -1.03. The Hall–Kier alpha value is -1.99. The highest BCUT2D eigenvalue weighted by atomic mass is 79.9. The first kappa shape index (κ1) is 17.8. The predicted octanol–water partition coefficient (Wildman–Crippen LogP) is 4.44. The van der Waals surface area contributed by atoms with Gasteiger partial charge in [0.15, 0.2) is 0 Å². The topological polar surface area (TPSA) is 70.0 Å². The standard InChI is InChI=1S/C18H17BrN2O3S/c19-14-4-1-3-12(9-14)16-10-15(13-7-8-25-11-13)20-21(16)17(22)5-2-6-18(23)24/h1,3-4,7-9,11,16H,2,5-6,10H2,(H,23,24). The molecule has 0 bridgehead atoms. The maximum absolute atomic E-state index is 12.6. The van der Waals surface area contributed by atoms with E-state index in [1.165, 1.54) is 5.01 Å². The second-order valence-corrected chi connectivity index (χ2v) is 7.51. The molecule has 1 unspecified atom stereocenters. The number of aliphatic carboxylic acids is 1. The first-order valence-corrected chi connectivity index (χ1v) is 9.67. The smallest absolute Gasteiger partial charge is 0.303 e. The molecule has 25 heavy (non-hydrogen) atoms. The number of nitrogens with zero attached hydrogens (tertiary/aromatic N) is 2. The van der Waals surface area contributed by atoms with E-state index in [1.54, 1.807) is 11.3 Å². The van der Waals surface area contributed by atoms with Gasteiger partial charge in [0.2, 0.25) is 5.91 Å². The Morgan fingerprint density at radius 2 is 2.16 bits per heavy atom. The Balaban J connectivity index is 1.83. The lowest BCUT2D eigenvalue weighted by atomic mass is 9.99. The van der Waals surface area contributed by atoms with Crippen molar-refractivity contribution in [3.05, 3.63) is 56.7 Å². The fourth-order valence-corrected chi connectivity index (χ4v) is 3.90. The van der Waals surface area contributed by atoms with Crippen LogP contribution in [-0.4, -0.2) is 27.7 Å². The first-order valence-electron chi connectivity index (χ1n) is 7.94. The molecule has 1 N–H and O–H groups in total. The summed E-state index contributed by atoms with van der Waals surface area (Å²) in [4.78, 5) is 23.3. The third-order valence-corrected chi connectivity index (χ3v) is 5.21. The van der Waals surface area contributed by atoms with Crippen molar-refractivity contribution in [1.82, 2.24) is 5.01 Å². The number of rotatable bonds is 6. The van der Waals surface area contributed by atoms with Gasteiger partial charge in [0, 0.05) is 29.3 Å². The van der Waals surface area contributed by atoms with Crippen molar-refractivity contribution in [2.24, 2.45) is 5.10 Å². The summed E-state index contributed by atoms with van der Waals surface area (Å²) in [7, 11) is 0. The van der Waals surface area contributed by atoms with E-state index in [1.807, 2.05) is 41.1 Å². The summed E-state index contributed by atoms with van der Waals surface area (Å²) in [6.45, 7) is 0. The largest absolute Gasteiger partial charge is 0.481 e. The summed E-state index contributed by atoms with van der Waals surface area (Å²) in [5, 5.41) is 18.9. The summed E-state index contributed by atoms with van der Waals surface area (Å²) < 4.78 is 0.951. The number of halogens is 1. The third kappa shape index (κ3) is 4.35. The van der Waals surface area contributed by atoms with Gasteiger partial charge in [0.25, 0.3) is 0 Å². The van der Waals surface area contributed by atoms with Crippen molar-refractivity contribution in [3.63, 3.8) is 0 Å². The van der Waals surface area contributed by atoms with Crippen LogP contribution in [0, 0.1) is 0 Å². The molecule has 5 nitrogen and oxygen atoms in total. The molecular weight excluding hydrogens is 404 g/mol. The van der Waals surface area contributed by atoms with Crippen LogP contribution in [0.3, 0.4) is 0 Å². The van der Waals surface area contributed by atoms with Gasteiger partial charge in [-0.3, -0.25) is 9.59 Å². The molecule has 3 rings (SSSR count). The lowest BCUT2D eigenvalue weighted by molar-refractivity contribution is -0.137. The number of carbonyl (C=O) groups is 2. The van der Waals surface area contributed by atoms with Gasteiger partial charge in [-0.2, -0.15) is 16.4 Å². The molecule has 1 amide bonds. The van der Waals surface area contributed by atoms with Crippen molar-refractivity contribution in [2.45, 2.75) is 31.7 Å². The van der Waals surface area contributed by atoms with E-state index in [-0.39, 0.29) is 24.8 Å². The number of carboxylic acids is 1. The summed E-state index contributed by atoms with van der Waals surface area (Å²) in [6.07, 6.45) is 1.14. The minimum Gasteiger partial charge on any atom is -0.481 e. The zero-order valence-electron chi connectivity index (χ0n) is 13.4. The molecule has 0 saturated heterocycles. The molecule has 0 aliphatic carbocycles. The number of carbonyl (C=O) groups excluding carboxylic acids is 1. The minimum atomic E-state index is -0.889. The van der Waals surface area contributed by atoms with Crippen LogP contribution in [0.25, 0.3) is 0 Å². The highest BCUT2D eigenvalue weighted by Gasteiger charge is 2.33. The van der Waals surface area contributed by atoms with Crippen LogP contribution in [0.2, 0.25) is 0 Å². The van der Waals surface area contributed by atoms with Crippen LogP contribution in [0.15, 0.2) is 50.7 Å². The number of hydrogen-bond donors (Lipinski definition) is 1. The Morgan fingerprint density at radius 1 is 1.32 bits per heavy atom. The lowest BCUT2D eigenvalue weighted by Crippen LogP contribution is -2.27. The normalized spacial score (nSPS) is 16.8. The van der Waals surface area contributed by atoms with Crippen LogP contribution >= 0.6 is 27.3 Å². The zero-order chi connectivity index (χ0) is 17.8. The van der Waals surface area contributed by atoms with E-state index in [2.05, 4.69) is 21.0 Å². The molecule has 1 aromatic heterocycles. The molecule has 0 spiro atoms. The van der Waals surface area contributed by atoms with Gasteiger partial charge in [-0.25, -0.2) is 5.01 Å². The molecular formula is C18H17BrN2O3S. The van der Waals surface area contributed by atoms with Gasteiger partial charge < -0.3 is 5.11 Å². The second kappa shape index (κ2) is 7.93. The molecule has 7 heteroatoms. The number of carboxylic acid groups (broad SMARTS) is 1. The summed E-state index contributed by atoms with van der Waals surface area (Å²) in [5.41, 5.74) is 2.93. The van der Waals surface area contributed by atoms with Crippen LogP contribution in [0.4, 0.5) is 0 Å². The van der Waals surface area contributed by atoms with Crippen LogP contribution in [0.1, 0.15) is 42.9 Å². The fourth-order valence-electron chi connectivity index (χ4n) is 2.82. The van der Waals surface area contributed by atoms with E-state index in [9.17, 15) is 9.59 Å². The number of amides is 1. The highest BCUT2D eigenvalue weighted by molar-refractivity contribution is 9.10. The van der Waals surface area contributed by atoms with Gasteiger partial charge in [-0.1, -0.05) is 28.1 Å². The van der Waals surface area contributed by atoms with Crippen molar-refractivity contribution in [3.8, 4) is 0 Å². The Bertz CT molecular complexity index is 804. The van der Waals surface area contributed by atoms with E-state index < -0.39 is 5.97 Å². The fraction of sp³-hybridized carbons (Fsp3) is 0.278. The molecule has 1 aromatic carbocycles. The number of hydrazone groups is 1. The van der Waals surface area contributed by atoms with Crippen molar-refractivity contribution in [2.75, 3.05) is 0 Å². The van der Waals surface area contributed by atoms with Gasteiger partial charge in [0.1, 0.15) is 0 Å². The van der Waals surface area contributed by atoms with E-state index in [0.717, 1.165) is 21.3 Å². The quantitative estimate of drug-likeness (QED) is 0.750. The molecule has 0 fully saturated rings. The summed E-state index contributed by atoms with van der Waals surface area (Å²) in [6, 6.07) is 9.70. The molecule has 1 aliphatic rings. The molecule has 2 aromatic rings. The molecule has 1 atom stereocenters.